The van der Waals surface area contributed by atoms with Crippen molar-refractivity contribution in [3.63, 3.8) is 0 Å². The Morgan fingerprint density at radius 2 is 1.85 bits per heavy atom. The molecule has 0 atom stereocenters. The first-order valence-corrected chi connectivity index (χ1v) is 6.66. The first-order chi connectivity index (χ1) is 9.33. The van der Waals surface area contributed by atoms with Gasteiger partial charge in [0.2, 0.25) is 5.95 Å². The van der Waals surface area contributed by atoms with Crippen LogP contribution in [0.25, 0.3) is 0 Å². The maximum atomic E-state index is 4.43. The molecular weight excluding hydrogens is 250 g/mol. The number of nitrogens with one attached hydrogen (secondary N) is 2. The Morgan fingerprint density at radius 3 is 2.55 bits per heavy atom. The molecule has 1 aromatic carbocycles. The monoisotopic (exact) mass is 271 g/mol. The van der Waals surface area contributed by atoms with Crippen molar-refractivity contribution in [2.75, 3.05) is 10.6 Å². The van der Waals surface area contributed by atoms with Gasteiger partial charge in [0.05, 0.1) is 6.20 Å². The van der Waals surface area contributed by atoms with Crippen molar-refractivity contribution >= 4 is 17.5 Å². The molecule has 106 valence electrons. The lowest BCUT2D eigenvalue weighted by Crippen LogP contribution is -2.27. The molecule has 1 aromatic heterocycles. The van der Waals surface area contributed by atoms with Gasteiger partial charge in [-0.05, 0) is 51.8 Å². The average molecular weight is 271 g/mol. The van der Waals surface area contributed by atoms with E-state index in [2.05, 4.69) is 71.7 Å². The van der Waals surface area contributed by atoms with Crippen LogP contribution in [0.3, 0.4) is 0 Å². The van der Waals surface area contributed by atoms with E-state index in [9.17, 15) is 0 Å². The van der Waals surface area contributed by atoms with Crippen molar-refractivity contribution in [2.45, 2.75) is 40.2 Å². The summed E-state index contributed by atoms with van der Waals surface area (Å²) >= 11 is 0. The van der Waals surface area contributed by atoms with Gasteiger partial charge in [-0.15, -0.1) is 5.10 Å². The summed E-state index contributed by atoms with van der Waals surface area (Å²) in [5.74, 6) is 1.20. The SMILES string of the molecule is Cc1ccc(C)c(Nc2nncc(NC(C)(C)C)n2)c1. The third-order valence-electron chi connectivity index (χ3n) is 2.70. The minimum absolute atomic E-state index is 0.0629. The zero-order chi connectivity index (χ0) is 14.8. The number of hydrogen-bond acceptors (Lipinski definition) is 5. The van der Waals surface area contributed by atoms with E-state index in [1.54, 1.807) is 6.20 Å². The Balaban J connectivity index is 2.21. The van der Waals surface area contributed by atoms with E-state index in [4.69, 9.17) is 0 Å². The molecule has 2 rings (SSSR count). The normalized spacial score (nSPS) is 11.2. The van der Waals surface area contributed by atoms with Crippen LogP contribution >= 0.6 is 0 Å². The fraction of sp³-hybridized carbons (Fsp3) is 0.400. The highest BCUT2D eigenvalue weighted by molar-refractivity contribution is 5.59. The highest BCUT2D eigenvalue weighted by atomic mass is 15.3. The fourth-order valence-electron chi connectivity index (χ4n) is 1.79. The molecule has 0 unspecified atom stereocenters. The summed E-state index contributed by atoms with van der Waals surface area (Å²) in [5, 5.41) is 14.5. The van der Waals surface area contributed by atoms with Gasteiger partial charge in [0.1, 0.15) is 0 Å². The van der Waals surface area contributed by atoms with E-state index in [-0.39, 0.29) is 5.54 Å². The number of hydrogen-bond donors (Lipinski definition) is 2. The number of aryl methyl sites for hydroxylation is 2. The van der Waals surface area contributed by atoms with Crippen LogP contribution in [-0.4, -0.2) is 20.7 Å². The summed E-state index contributed by atoms with van der Waals surface area (Å²) in [6, 6.07) is 6.22. The smallest absolute Gasteiger partial charge is 0.249 e. The summed E-state index contributed by atoms with van der Waals surface area (Å²) < 4.78 is 0. The second-order valence-corrected chi connectivity index (χ2v) is 5.98. The highest BCUT2D eigenvalue weighted by Crippen LogP contribution is 2.20. The van der Waals surface area contributed by atoms with Gasteiger partial charge in [0.25, 0.3) is 0 Å². The van der Waals surface area contributed by atoms with Crippen molar-refractivity contribution in [2.24, 2.45) is 0 Å². The van der Waals surface area contributed by atoms with Crippen molar-refractivity contribution in [1.29, 1.82) is 0 Å². The van der Waals surface area contributed by atoms with Gasteiger partial charge in [-0.2, -0.15) is 10.1 Å². The molecule has 5 nitrogen and oxygen atoms in total. The Kier molecular flexibility index (Phi) is 3.88. The second-order valence-electron chi connectivity index (χ2n) is 5.98. The summed E-state index contributed by atoms with van der Waals surface area (Å²) in [6.07, 6.45) is 1.62. The predicted octanol–water partition coefficient (Wildman–Crippen LogP) is 3.44. The van der Waals surface area contributed by atoms with Crippen LogP contribution in [0.1, 0.15) is 31.9 Å². The summed E-state index contributed by atoms with van der Waals surface area (Å²) in [5.41, 5.74) is 3.27. The predicted molar refractivity (Wildman–Crippen MR) is 82.4 cm³/mol. The van der Waals surface area contributed by atoms with Gasteiger partial charge < -0.3 is 10.6 Å². The third kappa shape index (κ3) is 3.91. The van der Waals surface area contributed by atoms with Crippen LogP contribution in [-0.2, 0) is 0 Å². The van der Waals surface area contributed by atoms with E-state index in [1.807, 2.05) is 6.92 Å². The number of anilines is 3. The number of nitrogens with zero attached hydrogens (tertiary/aromatic N) is 3. The second kappa shape index (κ2) is 5.45. The van der Waals surface area contributed by atoms with Crippen molar-refractivity contribution in [1.82, 2.24) is 15.2 Å². The molecule has 0 spiro atoms. The van der Waals surface area contributed by atoms with Crippen LogP contribution < -0.4 is 10.6 Å². The molecule has 2 aromatic rings. The average Bonchev–Trinajstić information content (AvgIpc) is 2.32. The van der Waals surface area contributed by atoms with Crippen LogP contribution in [0.5, 0.6) is 0 Å². The molecule has 1 heterocycles. The molecule has 0 aliphatic rings. The van der Waals surface area contributed by atoms with Crippen LogP contribution in [0.15, 0.2) is 24.4 Å². The van der Waals surface area contributed by atoms with E-state index >= 15 is 0 Å². The maximum Gasteiger partial charge on any atom is 0.249 e. The summed E-state index contributed by atoms with van der Waals surface area (Å²) in [6.45, 7) is 10.3. The topological polar surface area (TPSA) is 62.7 Å². The molecule has 20 heavy (non-hydrogen) atoms. The van der Waals surface area contributed by atoms with Gasteiger partial charge in [0, 0.05) is 11.2 Å². The molecular formula is C15H21N5. The van der Waals surface area contributed by atoms with Gasteiger partial charge in [-0.1, -0.05) is 12.1 Å². The summed E-state index contributed by atoms with van der Waals surface area (Å²) in [4.78, 5) is 4.43. The highest BCUT2D eigenvalue weighted by Gasteiger charge is 2.11. The van der Waals surface area contributed by atoms with Gasteiger partial charge in [0.15, 0.2) is 5.82 Å². The van der Waals surface area contributed by atoms with Crippen molar-refractivity contribution in [3.8, 4) is 0 Å². The van der Waals surface area contributed by atoms with Crippen molar-refractivity contribution in [3.05, 3.63) is 35.5 Å². The number of aromatic nitrogens is 3. The van der Waals surface area contributed by atoms with Gasteiger partial charge in [-0.3, -0.25) is 0 Å². The molecule has 2 N–H and O–H groups in total. The standard InChI is InChI=1S/C15H21N5/c1-10-6-7-11(2)12(8-10)17-14-18-13(9-16-20-14)19-15(3,4)5/h6-9H,1-5H3,(H2,17,18,19,20). The zero-order valence-corrected chi connectivity index (χ0v) is 12.7. The Bertz CT molecular complexity index is 601. The zero-order valence-electron chi connectivity index (χ0n) is 12.7. The van der Waals surface area contributed by atoms with E-state index in [0.717, 1.165) is 11.3 Å². The lowest BCUT2D eigenvalue weighted by atomic mass is 10.1. The molecule has 0 aliphatic heterocycles. The van der Waals surface area contributed by atoms with Gasteiger partial charge >= 0.3 is 0 Å². The molecule has 0 radical (unpaired) electrons. The number of rotatable bonds is 3. The largest absolute Gasteiger partial charge is 0.364 e. The first-order valence-electron chi connectivity index (χ1n) is 6.66. The lowest BCUT2D eigenvalue weighted by Gasteiger charge is -2.21. The Hall–Kier alpha value is -2.17. The Morgan fingerprint density at radius 1 is 1.10 bits per heavy atom. The van der Waals surface area contributed by atoms with E-state index < -0.39 is 0 Å². The molecule has 0 amide bonds. The molecule has 0 fully saturated rings. The van der Waals surface area contributed by atoms with Crippen LogP contribution in [0.4, 0.5) is 17.5 Å². The summed E-state index contributed by atoms with van der Waals surface area (Å²) in [7, 11) is 0. The molecule has 0 bridgehead atoms. The first kappa shape index (κ1) is 14.2. The molecule has 5 heteroatoms. The quantitative estimate of drug-likeness (QED) is 0.895. The molecule has 0 saturated carbocycles. The molecule has 0 saturated heterocycles. The lowest BCUT2D eigenvalue weighted by molar-refractivity contribution is 0.629. The minimum atomic E-state index is -0.0629. The Labute approximate surface area is 119 Å². The van der Waals surface area contributed by atoms with Crippen LogP contribution in [0.2, 0.25) is 0 Å². The molecule has 0 aliphatic carbocycles. The maximum absolute atomic E-state index is 4.43. The third-order valence-corrected chi connectivity index (χ3v) is 2.70. The van der Waals surface area contributed by atoms with Crippen LogP contribution in [0, 0.1) is 13.8 Å². The van der Waals surface area contributed by atoms with Gasteiger partial charge in [-0.25, -0.2) is 0 Å². The van der Waals surface area contributed by atoms with E-state index in [1.165, 1.54) is 5.56 Å². The fourth-order valence-corrected chi connectivity index (χ4v) is 1.79. The minimum Gasteiger partial charge on any atom is -0.364 e. The van der Waals surface area contributed by atoms with E-state index in [0.29, 0.717) is 11.8 Å². The number of benzene rings is 1. The van der Waals surface area contributed by atoms with Crippen molar-refractivity contribution < 1.29 is 0 Å².